The molecule has 0 aliphatic heterocycles. The second kappa shape index (κ2) is 8.01. The minimum atomic E-state index is -1.26. The van der Waals surface area contributed by atoms with Crippen molar-refractivity contribution < 1.29 is 24.2 Å². The van der Waals surface area contributed by atoms with Gasteiger partial charge >= 0.3 is 12.1 Å². The SMILES string of the molecule is COC(=O)[C@H](O)CCNC(=O)OCC1c2ccccc2-c2ccccc21. The maximum atomic E-state index is 11.9. The Bertz CT molecular complexity index is 759. The van der Waals surface area contributed by atoms with E-state index in [9.17, 15) is 14.7 Å². The lowest BCUT2D eigenvalue weighted by Gasteiger charge is -2.15. The number of fused-ring (bicyclic) bond motifs is 3. The van der Waals surface area contributed by atoms with Crippen molar-refractivity contribution in [2.75, 3.05) is 20.3 Å². The molecule has 3 rings (SSSR count). The van der Waals surface area contributed by atoms with E-state index in [0.717, 1.165) is 11.1 Å². The minimum Gasteiger partial charge on any atom is -0.467 e. The second-order valence-electron chi connectivity index (χ2n) is 6.08. The van der Waals surface area contributed by atoms with Crippen LogP contribution in [0.2, 0.25) is 0 Å². The largest absolute Gasteiger partial charge is 0.467 e. The molecule has 0 saturated carbocycles. The van der Waals surface area contributed by atoms with Crippen LogP contribution in [-0.2, 0) is 14.3 Å². The Labute approximate surface area is 151 Å². The summed E-state index contributed by atoms with van der Waals surface area (Å²) in [6.07, 6.45) is -1.77. The lowest BCUT2D eigenvalue weighted by atomic mass is 9.98. The van der Waals surface area contributed by atoms with Gasteiger partial charge in [-0.15, -0.1) is 0 Å². The van der Waals surface area contributed by atoms with Gasteiger partial charge in [-0.05, 0) is 22.3 Å². The molecule has 0 unspecified atom stereocenters. The molecule has 1 amide bonds. The maximum Gasteiger partial charge on any atom is 0.407 e. The van der Waals surface area contributed by atoms with Crippen molar-refractivity contribution >= 4 is 12.1 Å². The molecule has 0 heterocycles. The third kappa shape index (κ3) is 3.70. The molecule has 0 fully saturated rings. The number of methoxy groups -OCH3 is 1. The van der Waals surface area contributed by atoms with E-state index >= 15 is 0 Å². The van der Waals surface area contributed by atoms with Gasteiger partial charge in [0.05, 0.1) is 7.11 Å². The summed E-state index contributed by atoms with van der Waals surface area (Å²) in [5.74, 6) is -0.729. The minimum absolute atomic E-state index is 0.00573. The summed E-state index contributed by atoms with van der Waals surface area (Å²) in [5, 5.41) is 12.0. The van der Waals surface area contributed by atoms with Crippen molar-refractivity contribution in [2.24, 2.45) is 0 Å². The smallest absolute Gasteiger partial charge is 0.407 e. The normalized spacial score (nSPS) is 13.5. The quantitative estimate of drug-likeness (QED) is 0.778. The molecule has 6 heteroatoms. The number of hydrogen-bond acceptors (Lipinski definition) is 5. The predicted octanol–water partition coefficient (Wildman–Crippen LogP) is 2.45. The number of aliphatic hydroxyl groups is 1. The first-order valence-corrected chi connectivity index (χ1v) is 8.46. The van der Waals surface area contributed by atoms with Crippen molar-refractivity contribution in [3.8, 4) is 11.1 Å². The van der Waals surface area contributed by atoms with Crippen molar-refractivity contribution in [3.63, 3.8) is 0 Å². The van der Waals surface area contributed by atoms with Gasteiger partial charge in [0.15, 0.2) is 6.10 Å². The molecule has 0 bridgehead atoms. The summed E-state index contributed by atoms with van der Waals surface area (Å²) in [5.41, 5.74) is 4.61. The molecule has 136 valence electrons. The number of benzene rings is 2. The van der Waals surface area contributed by atoms with Gasteiger partial charge in [-0.1, -0.05) is 48.5 Å². The van der Waals surface area contributed by atoms with Crippen LogP contribution in [0.1, 0.15) is 23.5 Å². The second-order valence-corrected chi connectivity index (χ2v) is 6.08. The van der Waals surface area contributed by atoms with E-state index in [1.807, 2.05) is 36.4 Å². The Morgan fingerprint density at radius 2 is 1.65 bits per heavy atom. The first-order valence-electron chi connectivity index (χ1n) is 8.46. The first kappa shape index (κ1) is 17.9. The molecule has 1 aliphatic carbocycles. The fraction of sp³-hybridized carbons (Fsp3) is 0.300. The van der Waals surface area contributed by atoms with Crippen LogP contribution in [-0.4, -0.2) is 43.5 Å². The van der Waals surface area contributed by atoms with Crippen LogP contribution in [0.5, 0.6) is 0 Å². The average Bonchev–Trinajstić information content (AvgIpc) is 2.99. The van der Waals surface area contributed by atoms with E-state index in [1.54, 1.807) is 0 Å². The number of carbonyl (C=O) groups excluding carboxylic acids is 2. The summed E-state index contributed by atoms with van der Waals surface area (Å²) >= 11 is 0. The molecule has 2 N–H and O–H groups in total. The number of rotatable bonds is 6. The van der Waals surface area contributed by atoms with Crippen molar-refractivity contribution in [1.82, 2.24) is 5.32 Å². The van der Waals surface area contributed by atoms with E-state index in [-0.39, 0.29) is 25.5 Å². The highest BCUT2D eigenvalue weighted by atomic mass is 16.5. The highest BCUT2D eigenvalue weighted by Crippen LogP contribution is 2.44. The van der Waals surface area contributed by atoms with E-state index in [4.69, 9.17) is 4.74 Å². The monoisotopic (exact) mass is 355 g/mol. The standard InChI is InChI=1S/C20H21NO5/c1-25-19(23)18(22)10-11-21-20(24)26-12-17-15-8-4-2-6-13(15)14-7-3-5-9-16(14)17/h2-9,17-18,22H,10-12H2,1H3,(H,21,24)/t18-/m1/s1. The van der Waals surface area contributed by atoms with Crippen molar-refractivity contribution in [3.05, 3.63) is 59.7 Å². The van der Waals surface area contributed by atoms with Crippen molar-refractivity contribution in [1.29, 1.82) is 0 Å². The number of ether oxygens (including phenoxy) is 2. The molecule has 0 radical (unpaired) electrons. The van der Waals surface area contributed by atoms with Gasteiger partial charge in [0.2, 0.25) is 0 Å². The maximum absolute atomic E-state index is 11.9. The molecule has 1 atom stereocenters. The van der Waals surface area contributed by atoms with E-state index in [2.05, 4.69) is 22.2 Å². The number of esters is 1. The molecule has 2 aromatic rings. The van der Waals surface area contributed by atoms with Crippen molar-refractivity contribution in [2.45, 2.75) is 18.4 Å². The number of nitrogens with one attached hydrogen (secondary N) is 1. The summed E-state index contributed by atoms with van der Waals surface area (Å²) in [6.45, 7) is 0.340. The zero-order valence-corrected chi connectivity index (χ0v) is 14.5. The van der Waals surface area contributed by atoms with Crippen LogP contribution in [0.15, 0.2) is 48.5 Å². The lowest BCUT2D eigenvalue weighted by Crippen LogP contribution is -2.31. The van der Waals surface area contributed by atoms with Gasteiger partial charge in [-0.3, -0.25) is 0 Å². The summed E-state index contributed by atoms with van der Waals surface area (Å²) in [6, 6.07) is 16.2. The summed E-state index contributed by atoms with van der Waals surface area (Å²) in [7, 11) is 1.20. The van der Waals surface area contributed by atoms with Gasteiger partial charge in [0.25, 0.3) is 0 Å². The molecular formula is C20H21NO5. The zero-order valence-electron chi connectivity index (χ0n) is 14.5. The third-order valence-corrected chi connectivity index (χ3v) is 4.50. The molecule has 0 aromatic heterocycles. The van der Waals surface area contributed by atoms with Crippen LogP contribution < -0.4 is 5.32 Å². The molecule has 1 aliphatic rings. The average molecular weight is 355 g/mol. The summed E-state index contributed by atoms with van der Waals surface area (Å²) in [4.78, 5) is 23.0. The van der Waals surface area contributed by atoms with Crippen LogP contribution >= 0.6 is 0 Å². The van der Waals surface area contributed by atoms with Crippen LogP contribution in [0.25, 0.3) is 11.1 Å². The van der Waals surface area contributed by atoms with Gasteiger partial charge in [0, 0.05) is 18.9 Å². The Hall–Kier alpha value is -2.86. The number of amides is 1. The van der Waals surface area contributed by atoms with Gasteiger partial charge in [-0.25, -0.2) is 9.59 Å². The Morgan fingerprint density at radius 3 is 2.23 bits per heavy atom. The topological polar surface area (TPSA) is 84.9 Å². The highest BCUT2D eigenvalue weighted by Gasteiger charge is 2.29. The Balaban J connectivity index is 1.56. The van der Waals surface area contributed by atoms with Gasteiger partial charge < -0.3 is 19.9 Å². The highest BCUT2D eigenvalue weighted by molar-refractivity contribution is 5.79. The van der Waals surface area contributed by atoms with E-state index < -0.39 is 18.2 Å². The van der Waals surface area contributed by atoms with Crippen LogP contribution in [0, 0.1) is 0 Å². The zero-order chi connectivity index (χ0) is 18.5. The Kier molecular flexibility index (Phi) is 5.53. The molecule has 6 nitrogen and oxygen atoms in total. The lowest BCUT2D eigenvalue weighted by molar-refractivity contribution is -0.150. The van der Waals surface area contributed by atoms with Crippen LogP contribution in [0.4, 0.5) is 4.79 Å². The van der Waals surface area contributed by atoms with Crippen LogP contribution in [0.3, 0.4) is 0 Å². The number of aliphatic hydroxyl groups excluding tert-OH is 1. The van der Waals surface area contributed by atoms with E-state index in [0.29, 0.717) is 0 Å². The number of alkyl carbamates (subject to hydrolysis) is 1. The fourth-order valence-electron chi connectivity index (χ4n) is 3.21. The molecular weight excluding hydrogens is 334 g/mol. The number of carbonyl (C=O) groups is 2. The molecule has 26 heavy (non-hydrogen) atoms. The van der Waals surface area contributed by atoms with E-state index in [1.165, 1.54) is 18.2 Å². The number of hydrogen-bond donors (Lipinski definition) is 2. The molecule has 0 spiro atoms. The van der Waals surface area contributed by atoms with Gasteiger partial charge in [0.1, 0.15) is 6.61 Å². The summed E-state index contributed by atoms with van der Waals surface area (Å²) < 4.78 is 9.78. The molecule has 2 aromatic carbocycles. The Morgan fingerprint density at radius 1 is 1.08 bits per heavy atom. The fourth-order valence-corrected chi connectivity index (χ4v) is 3.21. The van der Waals surface area contributed by atoms with Gasteiger partial charge in [-0.2, -0.15) is 0 Å². The first-order chi connectivity index (χ1) is 12.6. The molecule has 0 saturated heterocycles. The third-order valence-electron chi connectivity index (χ3n) is 4.50. The predicted molar refractivity (Wildman–Crippen MR) is 95.7 cm³/mol.